The first kappa shape index (κ1) is 48.2. The zero-order valence-corrected chi connectivity index (χ0v) is 32.4. The normalized spacial score (nSPS) is 14.4. The number of carbonyl (C=O) groups excluding carboxylic acids is 2. The van der Waals surface area contributed by atoms with Crippen LogP contribution in [0, 0.1) is 0 Å². The fraction of sp³-hybridized carbons (Fsp3) is 0.610. The molecule has 0 spiro atoms. The van der Waals surface area contributed by atoms with Gasteiger partial charge in [-0.2, -0.15) is 0 Å². The standard InChI is InChI=1S/C41H68NO8P/c1-3-5-7-9-11-13-15-17-19-21-23-25-27-29-31-33-40(43)47-37-39(38-49-51(45,46)48-36-35-42)50-41(44)34-32-30-28-26-24-22-20-18-16-14-12-10-8-6-4-2/h5,7,11-14,17-20,23-26,39H,3-4,6,8-10,15-16,21-22,27-38,42H2,1-2H3,(H,45,46). The molecule has 0 aromatic rings. The van der Waals surface area contributed by atoms with Crippen LogP contribution in [-0.2, 0) is 32.7 Å². The summed E-state index contributed by atoms with van der Waals surface area (Å²) in [6, 6.07) is 0. The molecule has 0 aromatic carbocycles. The van der Waals surface area contributed by atoms with Crippen LogP contribution in [0.3, 0.4) is 0 Å². The second-order valence-corrected chi connectivity index (χ2v) is 13.5. The SMILES string of the molecule is CCC=CCC=CCC=CCC=CCCCCC(=O)OCC(COP(=O)(O)OCCN)OC(=O)CCCCC=CCC=CCC=CCCCCC. The average Bonchev–Trinajstić information content (AvgIpc) is 3.11. The minimum Gasteiger partial charge on any atom is -0.462 e. The molecule has 0 saturated carbocycles. The number of rotatable bonds is 34. The monoisotopic (exact) mass is 733 g/mol. The fourth-order valence-corrected chi connectivity index (χ4v) is 5.22. The number of carbonyl (C=O) groups is 2. The Hall–Kier alpha value is -2.81. The van der Waals surface area contributed by atoms with Crippen molar-refractivity contribution in [1.82, 2.24) is 0 Å². The number of esters is 2. The summed E-state index contributed by atoms with van der Waals surface area (Å²) in [5, 5.41) is 0. The van der Waals surface area contributed by atoms with Crippen LogP contribution in [0.2, 0.25) is 0 Å². The molecule has 0 radical (unpaired) electrons. The molecule has 0 aliphatic carbocycles. The van der Waals surface area contributed by atoms with Gasteiger partial charge in [0.2, 0.25) is 0 Å². The average molecular weight is 734 g/mol. The van der Waals surface area contributed by atoms with Gasteiger partial charge in [0, 0.05) is 19.4 Å². The van der Waals surface area contributed by atoms with Gasteiger partial charge in [-0.25, -0.2) is 4.57 Å². The Labute approximate surface area is 309 Å². The second kappa shape index (κ2) is 37.0. The highest BCUT2D eigenvalue weighted by Gasteiger charge is 2.25. The highest BCUT2D eigenvalue weighted by atomic mass is 31.2. The Morgan fingerprint density at radius 2 is 1.06 bits per heavy atom. The summed E-state index contributed by atoms with van der Waals surface area (Å²) in [6.07, 6.45) is 44.8. The van der Waals surface area contributed by atoms with Crippen LogP contribution in [0.15, 0.2) is 85.1 Å². The first-order chi connectivity index (χ1) is 24.8. The van der Waals surface area contributed by atoms with Gasteiger partial charge in [-0.15, -0.1) is 0 Å². The number of ether oxygens (including phenoxy) is 2. The first-order valence-electron chi connectivity index (χ1n) is 19.1. The van der Waals surface area contributed by atoms with Gasteiger partial charge in [0.25, 0.3) is 0 Å². The van der Waals surface area contributed by atoms with Gasteiger partial charge in [0.1, 0.15) is 6.61 Å². The molecule has 290 valence electrons. The third-order valence-electron chi connectivity index (χ3n) is 7.27. The maximum Gasteiger partial charge on any atom is 0.472 e. The van der Waals surface area contributed by atoms with E-state index >= 15 is 0 Å². The van der Waals surface area contributed by atoms with E-state index in [-0.39, 0.29) is 32.6 Å². The van der Waals surface area contributed by atoms with Crippen LogP contribution >= 0.6 is 7.82 Å². The Morgan fingerprint density at radius 1 is 0.608 bits per heavy atom. The smallest absolute Gasteiger partial charge is 0.462 e. The second-order valence-electron chi connectivity index (χ2n) is 12.1. The largest absolute Gasteiger partial charge is 0.472 e. The van der Waals surface area contributed by atoms with Crippen molar-refractivity contribution >= 4 is 19.8 Å². The Kier molecular flexibility index (Phi) is 34.9. The number of unbranched alkanes of at least 4 members (excludes halogenated alkanes) is 7. The van der Waals surface area contributed by atoms with Crippen molar-refractivity contribution in [3.8, 4) is 0 Å². The topological polar surface area (TPSA) is 134 Å². The van der Waals surface area contributed by atoms with Crippen LogP contribution in [0.1, 0.15) is 129 Å². The van der Waals surface area contributed by atoms with Gasteiger partial charge in [-0.1, -0.05) is 112 Å². The van der Waals surface area contributed by atoms with E-state index in [1.165, 1.54) is 19.3 Å². The molecule has 10 heteroatoms. The van der Waals surface area contributed by atoms with E-state index < -0.39 is 32.5 Å². The summed E-state index contributed by atoms with van der Waals surface area (Å²) >= 11 is 0. The molecular formula is C41H68NO8P. The third-order valence-corrected chi connectivity index (χ3v) is 8.25. The number of phosphoric ester groups is 1. The maximum atomic E-state index is 12.5. The summed E-state index contributed by atoms with van der Waals surface area (Å²) in [7, 11) is -4.40. The number of hydrogen-bond donors (Lipinski definition) is 2. The lowest BCUT2D eigenvalue weighted by atomic mass is 10.1. The van der Waals surface area contributed by atoms with E-state index in [2.05, 4.69) is 98.9 Å². The molecule has 9 nitrogen and oxygen atoms in total. The highest BCUT2D eigenvalue weighted by Crippen LogP contribution is 2.43. The lowest BCUT2D eigenvalue weighted by molar-refractivity contribution is -0.161. The number of allylic oxidation sites excluding steroid dienone is 14. The van der Waals surface area contributed by atoms with Crippen LogP contribution in [0.4, 0.5) is 0 Å². The van der Waals surface area contributed by atoms with Crippen LogP contribution in [0.5, 0.6) is 0 Å². The molecule has 0 aromatic heterocycles. The van der Waals surface area contributed by atoms with Crippen LogP contribution in [0.25, 0.3) is 0 Å². The molecule has 51 heavy (non-hydrogen) atoms. The molecule has 0 aliphatic rings. The van der Waals surface area contributed by atoms with Crippen molar-refractivity contribution in [2.75, 3.05) is 26.4 Å². The molecule has 2 unspecified atom stereocenters. The molecule has 0 bridgehead atoms. The van der Waals surface area contributed by atoms with Gasteiger partial charge in [0.05, 0.1) is 13.2 Å². The zero-order chi connectivity index (χ0) is 37.5. The number of nitrogens with two attached hydrogens (primary N) is 1. The van der Waals surface area contributed by atoms with E-state index in [0.29, 0.717) is 12.8 Å². The van der Waals surface area contributed by atoms with Gasteiger partial charge < -0.3 is 20.1 Å². The Morgan fingerprint density at radius 3 is 1.53 bits per heavy atom. The van der Waals surface area contributed by atoms with E-state index in [0.717, 1.165) is 70.6 Å². The van der Waals surface area contributed by atoms with Crippen molar-refractivity contribution in [3.05, 3.63) is 85.1 Å². The van der Waals surface area contributed by atoms with Crippen molar-refractivity contribution in [2.24, 2.45) is 5.73 Å². The summed E-state index contributed by atoms with van der Waals surface area (Å²) in [5.74, 6) is -0.934. The zero-order valence-electron chi connectivity index (χ0n) is 31.5. The van der Waals surface area contributed by atoms with Crippen LogP contribution < -0.4 is 5.73 Å². The van der Waals surface area contributed by atoms with E-state index in [4.69, 9.17) is 24.3 Å². The number of phosphoric acid groups is 1. The summed E-state index contributed by atoms with van der Waals surface area (Å²) < 4.78 is 32.6. The van der Waals surface area contributed by atoms with Crippen molar-refractivity contribution < 1.29 is 37.6 Å². The quantitative estimate of drug-likeness (QED) is 0.0287. The molecule has 0 aliphatic heterocycles. The molecule has 0 saturated heterocycles. The highest BCUT2D eigenvalue weighted by molar-refractivity contribution is 7.47. The first-order valence-corrected chi connectivity index (χ1v) is 20.6. The van der Waals surface area contributed by atoms with Crippen molar-refractivity contribution in [3.63, 3.8) is 0 Å². The summed E-state index contributed by atoms with van der Waals surface area (Å²) in [4.78, 5) is 34.7. The van der Waals surface area contributed by atoms with E-state index in [1.807, 2.05) is 0 Å². The summed E-state index contributed by atoms with van der Waals surface area (Å²) in [5.41, 5.74) is 5.32. The molecule has 2 atom stereocenters. The van der Waals surface area contributed by atoms with Gasteiger partial charge in [0.15, 0.2) is 6.10 Å². The third kappa shape index (κ3) is 36.8. The minimum atomic E-state index is -4.40. The molecule has 3 N–H and O–H groups in total. The molecule has 0 fully saturated rings. The molecule has 0 heterocycles. The number of hydrogen-bond acceptors (Lipinski definition) is 8. The van der Waals surface area contributed by atoms with Gasteiger partial charge in [-0.3, -0.25) is 18.6 Å². The van der Waals surface area contributed by atoms with Crippen LogP contribution in [-0.4, -0.2) is 49.3 Å². The Balaban J connectivity index is 4.40. The van der Waals surface area contributed by atoms with Gasteiger partial charge >= 0.3 is 19.8 Å². The fourth-order valence-electron chi connectivity index (χ4n) is 4.45. The molecule has 0 amide bonds. The summed E-state index contributed by atoms with van der Waals surface area (Å²) in [6.45, 7) is 3.45. The molecule has 0 rings (SSSR count). The van der Waals surface area contributed by atoms with Gasteiger partial charge in [-0.05, 0) is 89.9 Å². The lowest BCUT2D eigenvalue weighted by Gasteiger charge is -2.19. The van der Waals surface area contributed by atoms with E-state index in [1.54, 1.807) is 0 Å². The van der Waals surface area contributed by atoms with Crippen molar-refractivity contribution in [1.29, 1.82) is 0 Å². The lowest BCUT2D eigenvalue weighted by Crippen LogP contribution is -2.29. The Bertz CT molecular complexity index is 1110. The predicted molar refractivity (Wildman–Crippen MR) is 210 cm³/mol. The van der Waals surface area contributed by atoms with Crippen molar-refractivity contribution in [2.45, 2.75) is 136 Å². The minimum absolute atomic E-state index is 0.0367. The maximum absolute atomic E-state index is 12.5. The predicted octanol–water partition coefficient (Wildman–Crippen LogP) is 10.5. The van der Waals surface area contributed by atoms with E-state index in [9.17, 15) is 19.0 Å². The molecular weight excluding hydrogens is 665 g/mol.